The zero-order valence-corrected chi connectivity index (χ0v) is 10.8. The molecule has 1 aliphatic rings. The highest BCUT2D eigenvalue weighted by molar-refractivity contribution is 9.10. The number of methoxy groups -OCH3 is 1. The average Bonchev–Trinajstić information content (AvgIpc) is 2.28. The number of ether oxygens (including phenoxy) is 2. The Bertz CT molecular complexity index is 503. The third kappa shape index (κ3) is 1.94. The molecular weight excluding hydrogens is 286 g/mol. The zero-order valence-electron chi connectivity index (χ0n) is 9.20. The molecule has 1 aromatic carbocycles. The smallest absolute Gasteiger partial charge is 0.187 e. The first-order valence-corrected chi connectivity index (χ1v) is 5.79. The van der Waals surface area contributed by atoms with Gasteiger partial charge in [0.05, 0.1) is 30.9 Å². The van der Waals surface area contributed by atoms with Gasteiger partial charge in [-0.1, -0.05) is 0 Å². The second-order valence-corrected chi connectivity index (χ2v) is 4.72. The van der Waals surface area contributed by atoms with Gasteiger partial charge in [-0.2, -0.15) is 5.26 Å². The summed E-state index contributed by atoms with van der Waals surface area (Å²) in [7, 11) is 1.55. The van der Waals surface area contributed by atoms with Gasteiger partial charge < -0.3 is 9.47 Å². The highest BCUT2D eigenvalue weighted by Crippen LogP contribution is 2.33. The van der Waals surface area contributed by atoms with Crippen molar-refractivity contribution in [1.29, 1.82) is 5.26 Å². The number of carbonyl (C=O) groups is 1. The van der Waals surface area contributed by atoms with E-state index in [0.717, 1.165) is 0 Å². The average molecular weight is 296 g/mol. The van der Waals surface area contributed by atoms with E-state index in [1.807, 2.05) is 6.07 Å². The molecule has 4 nitrogen and oxygen atoms in total. The van der Waals surface area contributed by atoms with Gasteiger partial charge in [0.25, 0.3) is 0 Å². The molecule has 0 aromatic heterocycles. The van der Waals surface area contributed by atoms with Gasteiger partial charge in [-0.15, -0.1) is 0 Å². The molecule has 17 heavy (non-hydrogen) atoms. The van der Waals surface area contributed by atoms with Crippen LogP contribution in [0, 0.1) is 16.7 Å². The fourth-order valence-corrected chi connectivity index (χ4v) is 2.18. The molecule has 0 atom stereocenters. The summed E-state index contributed by atoms with van der Waals surface area (Å²) < 4.78 is 10.7. The monoisotopic (exact) mass is 295 g/mol. The summed E-state index contributed by atoms with van der Waals surface area (Å²) in [4.78, 5) is 12.2. The first-order valence-electron chi connectivity index (χ1n) is 5.00. The van der Waals surface area contributed by atoms with Crippen molar-refractivity contribution in [3.05, 3.63) is 28.2 Å². The van der Waals surface area contributed by atoms with Crippen molar-refractivity contribution in [3.8, 4) is 11.8 Å². The van der Waals surface area contributed by atoms with Crippen LogP contribution < -0.4 is 4.74 Å². The van der Waals surface area contributed by atoms with Gasteiger partial charge in [0, 0.05) is 5.56 Å². The third-order valence-electron chi connectivity index (χ3n) is 2.76. The molecule has 1 aromatic rings. The minimum absolute atomic E-state index is 0.173. The number of hydrogen-bond acceptors (Lipinski definition) is 4. The van der Waals surface area contributed by atoms with E-state index in [4.69, 9.17) is 14.7 Å². The van der Waals surface area contributed by atoms with Gasteiger partial charge in [-0.25, -0.2) is 0 Å². The Balaban J connectivity index is 2.32. The van der Waals surface area contributed by atoms with Crippen LogP contribution in [0.25, 0.3) is 0 Å². The van der Waals surface area contributed by atoms with Crippen molar-refractivity contribution < 1.29 is 14.3 Å². The molecule has 1 saturated heterocycles. The number of Topliss-reactive ketones (excluding diaryl/α,β-unsaturated/α-hetero) is 1. The Morgan fingerprint density at radius 3 is 2.71 bits per heavy atom. The van der Waals surface area contributed by atoms with Gasteiger partial charge >= 0.3 is 0 Å². The lowest BCUT2D eigenvalue weighted by molar-refractivity contribution is -0.0566. The largest absolute Gasteiger partial charge is 0.496 e. The zero-order chi connectivity index (χ0) is 12.5. The lowest BCUT2D eigenvalue weighted by Gasteiger charge is -2.33. The summed E-state index contributed by atoms with van der Waals surface area (Å²) in [6.07, 6.45) is 0. The van der Waals surface area contributed by atoms with E-state index in [2.05, 4.69) is 15.9 Å². The quantitative estimate of drug-likeness (QED) is 0.802. The standard InChI is InChI=1S/C12H10BrNO3/c1-16-10-3-2-8(4-9(10)13)11(15)12(5-14)6-17-7-12/h2-4H,6-7H2,1H3. The van der Waals surface area contributed by atoms with Crippen LogP contribution in [0.2, 0.25) is 0 Å². The van der Waals surface area contributed by atoms with E-state index in [-0.39, 0.29) is 19.0 Å². The molecular formula is C12H10BrNO3. The minimum atomic E-state index is -1.01. The maximum absolute atomic E-state index is 12.2. The Labute approximate surface area is 107 Å². The topological polar surface area (TPSA) is 59.3 Å². The number of nitriles is 1. The Hall–Kier alpha value is -1.38. The summed E-state index contributed by atoms with van der Waals surface area (Å²) in [5.41, 5.74) is -0.517. The molecule has 0 spiro atoms. The summed E-state index contributed by atoms with van der Waals surface area (Å²) in [5, 5.41) is 9.05. The number of halogens is 1. The van der Waals surface area contributed by atoms with Crippen molar-refractivity contribution >= 4 is 21.7 Å². The molecule has 0 amide bonds. The molecule has 2 rings (SSSR count). The van der Waals surface area contributed by atoms with Gasteiger partial charge in [-0.05, 0) is 34.1 Å². The van der Waals surface area contributed by atoms with Crippen molar-refractivity contribution in [1.82, 2.24) is 0 Å². The van der Waals surface area contributed by atoms with Crippen LogP contribution in [-0.2, 0) is 4.74 Å². The Kier molecular flexibility index (Phi) is 3.18. The molecule has 0 aliphatic carbocycles. The molecule has 0 radical (unpaired) electrons. The van der Waals surface area contributed by atoms with Crippen molar-refractivity contribution in [2.45, 2.75) is 0 Å². The molecule has 1 heterocycles. The normalized spacial score (nSPS) is 16.8. The molecule has 5 heteroatoms. The van der Waals surface area contributed by atoms with E-state index >= 15 is 0 Å². The van der Waals surface area contributed by atoms with Crippen molar-refractivity contribution in [3.63, 3.8) is 0 Å². The number of nitrogens with zero attached hydrogens (tertiary/aromatic N) is 1. The molecule has 0 saturated carbocycles. The van der Waals surface area contributed by atoms with Crippen molar-refractivity contribution in [2.75, 3.05) is 20.3 Å². The number of benzene rings is 1. The van der Waals surface area contributed by atoms with Crippen LogP contribution in [0.15, 0.2) is 22.7 Å². The summed E-state index contributed by atoms with van der Waals surface area (Å²) in [5.74, 6) is 0.451. The van der Waals surface area contributed by atoms with E-state index in [1.165, 1.54) is 0 Å². The third-order valence-corrected chi connectivity index (χ3v) is 3.38. The molecule has 1 fully saturated rings. The SMILES string of the molecule is COc1ccc(C(=O)C2(C#N)COC2)cc1Br. The Morgan fingerprint density at radius 1 is 1.59 bits per heavy atom. The summed E-state index contributed by atoms with van der Waals surface area (Å²) in [6.45, 7) is 0.345. The van der Waals surface area contributed by atoms with Gasteiger partial charge in [-0.3, -0.25) is 4.79 Å². The van der Waals surface area contributed by atoms with E-state index in [1.54, 1.807) is 25.3 Å². The van der Waals surface area contributed by atoms with Crippen LogP contribution >= 0.6 is 15.9 Å². The highest BCUT2D eigenvalue weighted by atomic mass is 79.9. The second kappa shape index (κ2) is 4.47. The fourth-order valence-electron chi connectivity index (χ4n) is 1.64. The van der Waals surface area contributed by atoms with Gasteiger partial charge in [0.2, 0.25) is 0 Å². The van der Waals surface area contributed by atoms with Crippen LogP contribution in [0.4, 0.5) is 0 Å². The van der Waals surface area contributed by atoms with Gasteiger partial charge in [0.15, 0.2) is 11.2 Å². The number of carbonyl (C=O) groups excluding carboxylic acids is 1. The highest BCUT2D eigenvalue weighted by Gasteiger charge is 2.46. The Morgan fingerprint density at radius 2 is 2.29 bits per heavy atom. The predicted octanol–water partition coefficient (Wildman–Crippen LogP) is 2.18. The number of ketones is 1. The lowest BCUT2D eigenvalue weighted by atomic mass is 9.80. The molecule has 0 N–H and O–H groups in total. The number of rotatable bonds is 3. The summed E-state index contributed by atoms with van der Waals surface area (Å²) >= 11 is 3.31. The first-order chi connectivity index (χ1) is 8.13. The van der Waals surface area contributed by atoms with Gasteiger partial charge in [0.1, 0.15) is 5.75 Å². The van der Waals surface area contributed by atoms with Crippen LogP contribution in [0.1, 0.15) is 10.4 Å². The fraction of sp³-hybridized carbons (Fsp3) is 0.333. The molecule has 88 valence electrons. The van der Waals surface area contributed by atoms with Crippen molar-refractivity contribution in [2.24, 2.45) is 5.41 Å². The lowest BCUT2D eigenvalue weighted by Crippen LogP contribution is -2.47. The maximum atomic E-state index is 12.2. The van der Waals surface area contributed by atoms with Crippen LogP contribution in [-0.4, -0.2) is 26.1 Å². The predicted molar refractivity (Wildman–Crippen MR) is 63.9 cm³/mol. The number of hydrogen-bond donors (Lipinski definition) is 0. The van der Waals surface area contributed by atoms with Crippen LogP contribution in [0.5, 0.6) is 5.75 Å². The maximum Gasteiger partial charge on any atom is 0.187 e. The second-order valence-electron chi connectivity index (χ2n) is 3.87. The van der Waals surface area contributed by atoms with E-state index in [0.29, 0.717) is 15.8 Å². The summed E-state index contributed by atoms with van der Waals surface area (Å²) in [6, 6.07) is 7.06. The first kappa shape index (κ1) is 12.1. The molecule has 1 aliphatic heterocycles. The van der Waals surface area contributed by atoms with E-state index < -0.39 is 5.41 Å². The minimum Gasteiger partial charge on any atom is -0.496 e. The van der Waals surface area contributed by atoms with Crippen LogP contribution in [0.3, 0.4) is 0 Å². The van der Waals surface area contributed by atoms with E-state index in [9.17, 15) is 4.79 Å². The molecule has 0 unspecified atom stereocenters. The molecule has 0 bridgehead atoms.